The van der Waals surface area contributed by atoms with Crippen LogP contribution in [0.3, 0.4) is 0 Å². The van der Waals surface area contributed by atoms with Crippen LogP contribution in [0.15, 0.2) is 12.1 Å². The minimum absolute atomic E-state index is 0.0580. The third-order valence-corrected chi connectivity index (χ3v) is 4.20. The molecule has 0 heterocycles. The molecule has 2 atom stereocenters. The van der Waals surface area contributed by atoms with Gasteiger partial charge in [-0.15, -0.1) is 6.42 Å². The van der Waals surface area contributed by atoms with Crippen LogP contribution >= 0.6 is 0 Å². The van der Waals surface area contributed by atoms with E-state index in [1.54, 1.807) is 0 Å². The molecular weight excluding hydrogens is 290 g/mol. The fourth-order valence-corrected chi connectivity index (χ4v) is 2.75. The summed E-state index contributed by atoms with van der Waals surface area (Å²) in [5, 5.41) is 14.3. The number of benzene rings is 1. The Labute approximate surface area is 127 Å². The van der Waals surface area contributed by atoms with E-state index in [4.69, 9.17) is 6.42 Å². The van der Waals surface area contributed by atoms with Crippen LogP contribution in [-0.2, 0) is 0 Å². The predicted molar refractivity (Wildman–Crippen MR) is 79.3 cm³/mol. The molecule has 1 aromatic rings. The van der Waals surface area contributed by atoms with Gasteiger partial charge in [0.2, 0.25) is 0 Å². The molecule has 0 radical (unpaired) electrons. The van der Waals surface area contributed by atoms with Gasteiger partial charge in [0.15, 0.2) is 11.6 Å². The summed E-state index contributed by atoms with van der Waals surface area (Å²) in [4.78, 5) is 12.0. The van der Waals surface area contributed by atoms with Gasteiger partial charge in [0.05, 0.1) is 6.61 Å². The molecule has 1 aliphatic carbocycles. The van der Waals surface area contributed by atoms with E-state index in [0.717, 1.165) is 25.0 Å². The second kappa shape index (κ2) is 6.32. The Kier molecular flexibility index (Phi) is 4.67. The molecule has 2 amide bonds. The van der Waals surface area contributed by atoms with Crippen molar-refractivity contribution in [3.05, 3.63) is 29.3 Å². The number of amides is 2. The molecule has 2 rings (SSSR count). The first-order chi connectivity index (χ1) is 10.4. The van der Waals surface area contributed by atoms with E-state index in [0.29, 0.717) is 6.42 Å². The van der Waals surface area contributed by atoms with Crippen molar-refractivity contribution in [3.63, 3.8) is 0 Å². The maximum atomic E-state index is 13.8. The largest absolute Gasteiger partial charge is 0.396 e. The lowest BCUT2D eigenvalue weighted by Crippen LogP contribution is -2.46. The summed E-state index contributed by atoms with van der Waals surface area (Å²) in [5.74, 6) is 0.268. The number of nitrogens with one attached hydrogen (secondary N) is 2. The second-order valence-corrected chi connectivity index (χ2v) is 5.81. The van der Waals surface area contributed by atoms with Gasteiger partial charge in [0.1, 0.15) is 5.69 Å². The molecule has 1 fully saturated rings. The Balaban J connectivity index is 2.09. The molecule has 1 aliphatic rings. The van der Waals surface area contributed by atoms with Gasteiger partial charge >= 0.3 is 6.03 Å². The zero-order valence-electron chi connectivity index (χ0n) is 12.2. The molecule has 1 aromatic carbocycles. The Morgan fingerprint density at radius 2 is 2.14 bits per heavy atom. The Morgan fingerprint density at radius 3 is 2.68 bits per heavy atom. The zero-order chi connectivity index (χ0) is 16.3. The number of halogens is 2. The van der Waals surface area contributed by atoms with Gasteiger partial charge in [-0.1, -0.05) is 19.3 Å². The summed E-state index contributed by atoms with van der Waals surface area (Å²) in [6.07, 6.45) is 7.46. The van der Waals surface area contributed by atoms with Crippen molar-refractivity contribution in [3.8, 4) is 12.3 Å². The van der Waals surface area contributed by atoms with Crippen LogP contribution in [-0.4, -0.2) is 23.8 Å². The Hall–Kier alpha value is -2.13. The number of carbonyl (C=O) groups excluding carboxylic acids is 1. The molecule has 0 bridgehead atoms. The predicted octanol–water partition coefficient (Wildman–Crippen LogP) is 2.62. The van der Waals surface area contributed by atoms with E-state index < -0.39 is 28.8 Å². The summed E-state index contributed by atoms with van der Waals surface area (Å²) in [6.45, 7) is 1.81. The minimum atomic E-state index is -0.931. The topological polar surface area (TPSA) is 61.4 Å². The van der Waals surface area contributed by atoms with Crippen LogP contribution in [0.1, 0.15) is 31.7 Å². The van der Waals surface area contributed by atoms with E-state index in [1.807, 2.05) is 6.92 Å². The molecular formula is C16H18F2N2O2. The van der Waals surface area contributed by atoms with Gasteiger partial charge in [-0.3, -0.25) is 0 Å². The average Bonchev–Trinajstić information content (AvgIpc) is 2.84. The first-order valence-corrected chi connectivity index (χ1v) is 7.03. The molecule has 0 aromatic heterocycles. The summed E-state index contributed by atoms with van der Waals surface area (Å²) in [6, 6.07) is 1.00. The zero-order valence-corrected chi connectivity index (χ0v) is 12.2. The minimum Gasteiger partial charge on any atom is -0.396 e. The van der Waals surface area contributed by atoms with Gasteiger partial charge in [0, 0.05) is 17.0 Å². The monoisotopic (exact) mass is 308 g/mol. The Bertz CT molecular complexity index is 604. The number of rotatable bonds is 3. The van der Waals surface area contributed by atoms with Crippen molar-refractivity contribution < 1.29 is 18.7 Å². The molecule has 0 aliphatic heterocycles. The van der Waals surface area contributed by atoms with Crippen LogP contribution in [0.2, 0.25) is 0 Å². The third kappa shape index (κ3) is 3.20. The first kappa shape index (κ1) is 16.2. The van der Waals surface area contributed by atoms with Gasteiger partial charge < -0.3 is 15.7 Å². The van der Waals surface area contributed by atoms with Gasteiger partial charge in [-0.05, 0) is 25.0 Å². The van der Waals surface area contributed by atoms with E-state index >= 15 is 0 Å². The average molecular weight is 308 g/mol. The van der Waals surface area contributed by atoms with Crippen LogP contribution in [0, 0.1) is 29.4 Å². The molecule has 3 N–H and O–H groups in total. The number of hydrogen-bond acceptors (Lipinski definition) is 2. The van der Waals surface area contributed by atoms with Crippen LogP contribution in [0.4, 0.5) is 19.3 Å². The van der Waals surface area contributed by atoms with Gasteiger partial charge in [0.25, 0.3) is 0 Å². The van der Waals surface area contributed by atoms with Gasteiger partial charge in [-0.25, -0.2) is 13.6 Å². The summed E-state index contributed by atoms with van der Waals surface area (Å²) in [5.41, 5.74) is -0.897. The number of terminal acetylenes is 1. The molecule has 6 heteroatoms. The molecule has 1 saturated carbocycles. The Morgan fingerprint density at radius 1 is 1.50 bits per heavy atom. The van der Waals surface area contributed by atoms with E-state index in [2.05, 4.69) is 16.6 Å². The lowest BCUT2D eigenvalue weighted by atomic mass is 9.86. The highest BCUT2D eigenvalue weighted by Gasteiger charge is 2.39. The smallest absolute Gasteiger partial charge is 0.319 e. The highest BCUT2D eigenvalue weighted by molar-refractivity contribution is 5.89. The number of anilines is 1. The summed E-state index contributed by atoms with van der Waals surface area (Å²) < 4.78 is 27.5. The van der Waals surface area contributed by atoms with Crippen molar-refractivity contribution in [1.29, 1.82) is 0 Å². The molecule has 0 spiro atoms. The summed E-state index contributed by atoms with van der Waals surface area (Å²) in [7, 11) is 0. The number of hydrogen-bond donors (Lipinski definition) is 3. The lowest BCUT2D eigenvalue weighted by Gasteiger charge is -2.30. The molecule has 4 nitrogen and oxygen atoms in total. The number of carbonyl (C=O) groups is 1. The molecule has 118 valence electrons. The maximum Gasteiger partial charge on any atom is 0.319 e. The van der Waals surface area contributed by atoms with E-state index in [1.165, 1.54) is 0 Å². The third-order valence-electron chi connectivity index (χ3n) is 4.20. The number of urea groups is 1. The highest BCUT2D eigenvalue weighted by atomic mass is 19.1. The van der Waals surface area contributed by atoms with Gasteiger partial charge in [-0.2, -0.15) is 0 Å². The fourth-order valence-electron chi connectivity index (χ4n) is 2.75. The van der Waals surface area contributed by atoms with Crippen molar-refractivity contribution in [2.24, 2.45) is 5.41 Å². The van der Waals surface area contributed by atoms with Crippen molar-refractivity contribution >= 4 is 11.7 Å². The first-order valence-electron chi connectivity index (χ1n) is 7.03. The number of aliphatic hydroxyl groups is 1. The van der Waals surface area contributed by atoms with Crippen LogP contribution in [0.5, 0.6) is 0 Å². The van der Waals surface area contributed by atoms with Crippen LogP contribution in [0.25, 0.3) is 0 Å². The van der Waals surface area contributed by atoms with Crippen molar-refractivity contribution in [2.75, 3.05) is 11.9 Å². The van der Waals surface area contributed by atoms with E-state index in [-0.39, 0.29) is 18.2 Å². The molecule has 2 unspecified atom stereocenters. The fraction of sp³-hybridized carbons (Fsp3) is 0.438. The van der Waals surface area contributed by atoms with Crippen molar-refractivity contribution in [1.82, 2.24) is 5.32 Å². The second-order valence-electron chi connectivity index (χ2n) is 5.81. The quantitative estimate of drug-likeness (QED) is 0.752. The standard InChI is InChI=1S/C16H18F2N2O2/c1-3-10-7-11(17)14(12(18)8-10)20-15(22)19-13-5-4-6-16(13,2)9-21/h1,7-8,13,21H,4-6,9H2,2H3,(H2,19,20,22). The normalized spacial score (nSPS) is 23.9. The highest BCUT2D eigenvalue weighted by Crippen LogP contribution is 2.37. The lowest BCUT2D eigenvalue weighted by molar-refractivity contribution is 0.122. The molecule has 22 heavy (non-hydrogen) atoms. The number of aliphatic hydroxyl groups excluding tert-OH is 1. The van der Waals surface area contributed by atoms with Crippen molar-refractivity contribution in [2.45, 2.75) is 32.2 Å². The SMILES string of the molecule is C#Cc1cc(F)c(NC(=O)NC2CCCC2(C)CO)c(F)c1. The summed E-state index contributed by atoms with van der Waals surface area (Å²) >= 11 is 0. The maximum absolute atomic E-state index is 13.8. The van der Waals surface area contributed by atoms with Crippen LogP contribution < -0.4 is 10.6 Å². The molecule has 0 saturated heterocycles. The van der Waals surface area contributed by atoms with E-state index in [9.17, 15) is 18.7 Å².